The smallest absolute Gasteiger partial charge is 0.311 e. The minimum atomic E-state index is -1.37. The fourth-order valence-corrected chi connectivity index (χ4v) is 1.40. The topological polar surface area (TPSA) is 171 Å². The highest BCUT2D eigenvalue weighted by Crippen LogP contribution is 2.25. The molecule has 0 saturated heterocycles. The summed E-state index contributed by atoms with van der Waals surface area (Å²) in [6, 6.07) is 1.05. The number of nitrogens with zero attached hydrogens (tertiary/aromatic N) is 5. The molecule has 0 aliphatic carbocycles. The first-order chi connectivity index (χ1) is 8.97. The van der Waals surface area contributed by atoms with Crippen molar-refractivity contribution in [3.63, 3.8) is 0 Å². The molecule has 2 unspecified atom stereocenters. The quantitative estimate of drug-likeness (QED) is 0.225. The van der Waals surface area contributed by atoms with E-state index in [-0.39, 0.29) is 24.3 Å². The lowest BCUT2D eigenvalue weighted by atomic mass is 10.0. The van der Waals surface area contributed by atoms with Gasteiger partial charge in [-0.05, 0) is 12.0 Å². The molecule has 1 rings (SSSR count). The largest absolute Gasteiger partial charge is 0.390 e. The average Bonchev–Trinajstić information content (AvgIpc) is 2.38. The van der Waals surface area contributed by atoms with Gasteiger partial charge >= 0.3 is 5.69 Å². The molecule has 10 heteroatoms. The Morgan fingerprint density at radius 1 is 1.63 bits per heavy atom. The molecule has 4 N–H and O–H groups in total. The van der Waals surface area contributed by atoms with Crippen molar-refractivity contribution in [3.8, 4) is 0 Å². The first-order valence-electron chi connectivity index (χ1n) is 5.24. The summed E-state index contributed by atoms with van der Waals surface area (Å²) in [6.07, 6.45) is -1.44. The van der Waals surface area contributed by atoms with Gasteiger partial charge in [0.25, 0.3) is 0 Å². The normalized spacial score (nSPS) is 13.4. The zero-order valence-electron chi connectivity index (χ0n) is 9.75. The number of rotatable bonds is 6. The minimum Gasteiger partial charge on any atom is -0.390 e. The summed E-state index contributed by atoms with van der Waals surface area (Å²) in [5.74, 6) is -0.274. The van der Waals surface area contributed by atoms with E-state index in [0.29, 0.717) is 0 Å². The number of aromatic nitrogens is 1. The maximum Gasteiger partial charge on any atom is 0.311 e. The first kappa shape index (κ1) is 14.6. The van der Waals surface area contributed by atoms with E-state index in [1.54, 1.807) is 0 Å². The van der Waals surface area contributed by atoms with Crippen molar-refractivity contribution in [1.29, 1.82) is 0 Å². The van der Waals surface area contributed by atoms with Crippen molar-refractivity contribution in [2.45, 2.75) is 18.6 Å². The van der Waals surface area contributed by atoms with Gasteiger partial charge in [0.15, 0.2) is 0 Å². The number of aliphatic hydroxyl groups is 2. The first-order valence-corrected chi connectivity index (χ1v) is 5.24. The Bertz CT molecular complexity index is 515. The molecule has 1 aromatic heterocycles. The Morgan fingerprint density at radius 3 is 2.89 bits per heavy atom. The van der Waals surface area contributed by atoms with Crippen molar-refractivity contribution < 1.29 is 15.1 Å². The summed E-state index contributed by atoms with van der Waals surface area (Å²) in [7, 11) is 0. The number of pyridine rings is 1. The summed E-state index contributed by atoms with van der Waals surface area (Å²) in [6.45, 7) is -0.000773. The van der Waals surface area contributed by atoms with E-state index in [9.17, 15) is 20.3 Å². The standard InChI is InChI=1S/C9H12N6O4/c10-9-6(15(18)19)3-5(4-12-9)8(17)7(16)1-2-13-14-11/h3-4,7-8,16-17H,1-2H2,(H2,10,12). The zero-order chi connectivity index (χ0) is 14.4. The number of nitrogen functional groups attached to an aromatic ring is 1. The van der Waals surface area contributed by atoms with Crippen molar-refractivity contribution >= 4 is 11.5 Å². The van der Waals surface area contributed by atoms with E-state index in [0.717, 1.165) is 12.3 Å². The van der Waals surface area contributed by atoms with Crippen LogP contribution in [0, 0.1) is 10.1 Å². The summed E-state index contributed by atoms with van der Waals surface area (Å²) in [5, 5.41) is 33.3. The number of anilines is 1. The lowest BCUT2D eigenvalue weighted by molar-refractivity contribution is -0.384. The van der Waals surface area contributed by atoms with Crippen LogP contribution >= 0.6 is 0 Å². The second-order valence-corrected chi connectivity index (χ2v) is 3.69. The van der Waals surface area contributed by atoms with E-state index >= 15 is 0 Å². The molecule has 102 valence electrons. The molecule has 0 fully saturated rings. The van der Waals surface area contributed by atoms with Crippen molar-refractivity contribution in [1.82, 2.24) is 4.98 Å². The SMILES string of the molecule is [N-]=[N+]=NCCC(O)C(O)c1cnc(N)c([N+](=O)[O-])c1. The molecule has 0 spiro atoms. The Balaban J connectivity index is 2.87. The third-order valence-electron chi connectivity index (χ3n) is 2.41. The van der Waals surface area contributed by atoms with Gasteiger partial charge in [0.1, 0.15) is 6.10 Å². The van der Waals surface area contributed by atoms with Crippen LogP contribution in [0.4, 0.5) is 11.5 Å². The second-order valence-electron chi connectivity index (χ2n) is 3.69. The van der Waals surface area contributed by atoms with Crippen LogP contribution in [0.15, 0.2) is 17.4 Å². The van der Waals surface area contributed by atoms with Crippen molar-refractivity contribution in [2.75, 3.05) is 12.3 Å². The van der Waals surface area contributed by atoms with Crippen LogP contribution in [0.3, 0.4) is 0 Å². The maximum absolute atomic E-state index is 10.7. The molecule has 0 radical (unpaired) electrons. The highest BCUT2D eigenvalue weighted by Gasteiger charge is 2.22. The molecule has 1 heterocycles. The summed E-state index contributed by atoms with van der Waals surface area (Å²) < 4.78 is 0. The van der Waals surface area contributed by atoms with Gasteiger partial charge in [-0.15, -0.1) is 0 Å². The summed E-state index contributed by atoms with van der Waals surface area (Å²) in [4.78, 5) is 16.0. The van der Waals surface area contributed by atoms with Crippen LogP contribution in [0.1, 0.15) is 18.1 Å². The van der Waals surface area contributed by atoms with Gasteiger partial charge in [-0.3, -0.25) is 10.1 Å². The molecule has 0 aliphatic rings. The average molecular weight is 268 g/mol. The Kier molecular flexibility index (Phi) is 5.01. The van der Waals surface area contributed by atoms with Gasteiger partial charge < -0.3 is 15.9 Å². The van der Waals surface area contributed by atoms with Crippen molar-refractivity contribution in [3.05, 3.63) is 38.4 Å². The molecule has 19 heavy (non-hydrogen) atoms. The van der Waals surface area contributed by atoms with E-state index < -0.39 is 22.8 Å². The lowest BCUT2D eigenvalue weighted by Gasteiger charge is -2.16. The molecule has 2 atom stereocenters. The van der Waals surface area contributed by atoms with Crippen LogP contribution in [0.2, 0.25) is 0 Å². The highest BCUT2D eigenvalue weighted by molar-refractivity contribution is 5.53. The van der Waals surface area contributed by atoms with Crippen LogP contribution in [-0.2, 0) is 0 Å². The van der Waals surface area contributed by atoms with Crippen LogP contribution in [-0.4, -0.2) is 32.8 Å². The molecule has 10 nitrogen and oxygen atoms in total. The molecule has 0 aliphatic heterocycles. The van der Waals surface area contributed by atoms with E-state index in [1.807, 2.05) is 0 Å². The molecule has 0 saturated carbocycles. The Labute approximate surface area is 107 Å². The fraction of sp³-hybridized carbons (Fsp3) is 0.444. The molecule has 0 bridgehead atoms. The Morgan fingerprint density at radius 2 is 2.32 bits per heavy atom. The third kappa shape index (κ3) is 3.78. The highest BCUT2D eigenvalue weighted by atomic mass is 16.6. The van der Waals surface area contributed by atoms with Gasteiger partial charge in [0, 0.05) is 29.3 Å². The summed E-state index contributed by atoms with van der Waals surface area (Å²) in [5.41, 5.74) is 13.0. The van der Waals surface area contributed by atoms with Crippen molar-refractivity contribution in [2.24, 2.45) is 5.11 Å². The maximum atomic E-state index is 10.7. The zero-order valence-corrected chi connectivity index (χ0v) is 9.75. The number of hydrogen-bond donors (Lipinski definition) is 3. The van der Waals surface area contributed by atoms with Gasteiger partial charge in [0.05, 0.1) is 11.0 Å². The predicted octanol–water partition coefficient (Wildman–Crippen LogP) is 0.667. The second kappa shape index (κ2) is 6.50. The number of hydrogen-bond acceptors (Lipinski definition) is 7. The van der Waals surface area contributed by atoms with E-state index in [1.165, 1.54) is 0 Å². The molecule has 0 amide bonds. The van der Waals surface area contributed by atoms with Gasteiger partial charge in [-0.2, -0.15) is 0 Å². The minimum absolute atomic E-state index is 0.000773. The van der Waals surface area contributed by atoms with Crippen LogP contribution in [0.25, 0.3) is 10.4 Å². The predicted molar refractivity (Wildman–Crippen MR) is 64.9 cm³/mol. The van der Waals surface area contributed by atoms with Gasteiger partial charge in [0.2, 0.25) is 5.82 Å². The number of azide groups is 1. The lowest BCUT2D eigenvalue weighted by Crippen LogP contribution is -2.19. The van der Waals surface area contributed by atoms with E-state index in [4.69, 9.17) is 11.3 Å². The molecular weight excluding hydrogens is 256 g/mol. The molecule has 0 aromatic carbocycles. The summed E-state index contributed by atoms with van der Waals surface area (Å²) >= 11 is 0. The monoisotopic (exact) mass is 268 g/mol. The molecule has 1 aromatic rings. The third-order valence-corrected chi connectivity index (χ3v) is 2.41. The number of aliphatic hydroxyl groups excluding tert-OH is 2. The van der Waals surface area contributed by atoms with Crippen LogP contribution < -0.4 is 5.73 Å². The van der Waals surface area contributed by atoms with Gasteiger partial charge in [-0.1, -0.05) is 5.11 Å². The van der Waals surface area contributed by atoms with Gasteiger partial charge in [-0.25, -0.2) is 4.98 Å². The fourth-order valence-electron chi connectivity index (χ4n) is 1.40. The number of nitrogens with two attached hydrogens (primary N) is 1. The van der Waals surface area contributed by atoms with E-state index in [2.05, 4.69) is 15.0 Å². The van der Waals surface area contributed by atoms with Crippen LogP contribution in [0.5, 0.6) is 0 Å². The Hall–Kier alpha value is -2.42. The molecular formula is C9H12N6O4. The number of nitro groups is 1.